The highest BCUT2D eigenvalue weighted by atomic mass is 79.9. The van der Waals surface area contributed by atoms with E-state index in [1.165, 1.54) is 0 Å². The van der Waals surface area contributed by atoms with Gasteiger partial charge < -0.3 is 5.73 Å². The molecule has 1 atom stereocenters. The van der Waals surface area contributed by atoms with E-state index < -0.39 is 10.8 Å². The summed E-state index contributed by atoms with van der Waals surface area (Å²) in [5, 5.41) is 0. The molecule has 94 valence electrons. The fraction of sp³-hybridized carbons (Fsp3) is 0.154. The third-order valence-corrected chi connectivity index (χ3v) is 4.45. The molecule has 0 fully saturated rings. The van der Waals surface area contributed by atoms with Gasteiger partial charge in [0.1, 0.15) is 0 Å². The maximum Gasteiger partial charge on any atom is 0.0618 e. The lowest BCUT2D eigenvalue weighted by Crippen LogP contribution is -2.04. The molecule has 0 aliphatic carbocycles. The number of nitrogens with zero attached hydrogens (tertiary/aromatic N) is 1. The Balaban J connectivity index is 2.04. The van der Waals surface area contributed by atoms with Crippen LogP contribution in [0.3, 0.4) is 0 Å². The molecule has 0 bridgehead atoms. The average Bonchev–Trinajstić information content (AvgIpc) is 2.37. The Kier molecular flexibility index (Phi) is 4.49. The monoisotopic (exact) mass is 324 g/mol. The number of aromatic nitrogens is 1. The topological polar surface area (TPSA) is 56.0 Å². The molecule has 1 aromatic heterocycles. The fourth-order valence-corrected chi connectivity index (χ4v) is 3.15. The van der Waals surface area contributed by atoms with E-state index in [1.54, 1.807) is 24.5 Å². The van der Waals surface area contributed by atoms with Gasteiger partial charge in [0, 0.05) is 28.3 Å². The maximum absolute atomic E-state index is 12.1. The SMILES string of the molecule is Nc1cc(Br)ccc1S(=O)CCc1cccnc1. The summed E-state index contributed by atoms with van der Waals surface area (Å²) in [7, 11) is -1.08. The predicted octanol–water partition coefficient (Wildman–Crippen LogP) is 2.78. The van der Waals surface area contributed by atoms with E-state index >= 15 is 0 Å². The first-order valence-corrected chi connectivity index (χ1v) is 7.60. The van der Waals surface area contributed by atoms with E-state index in [0.717, 1.165) is 16.5 Å². The number of hydrogen-bond donors (Lipinski definition) is 1. The smallest absolute Gasteiger partial charge is 0.0618 e. The van der Waals surface area contributed by atoms with E-state index in [-0.39, 0.29) is 0 Å². The molecule has 0 saturated carbocycles. The van der Waals surface area contributed by atoms with Crippen molar-refractivity contribution in [3.63, 3.8) is 0 Å². The quantitative estimate of drug-likeness (QED) is 0.880. The summed E-state index contributed by atoms with van der Waals surface area (Å²) in [6.07, 6.45) is 4.26. The van der Waals surface area contributed by atoms with E-state index in [2.05, 4.69) is 20.9 Å². The number of nitrogen functional groups attached to an aromatic ring is 1. The molecule has 1 unspecified atom stereocenters. The van der Waals surface area contributed by atoms with Gasteiger partial charge in [-0.05, 0) is 36.2 Å². The van der Waals surface area contributed by atoms with Gasteiger partial charge in [-0.2, -0.15) is 0 Å². The Morgan fingerprint density at radius 2 is 2.17 bits per heavy atom. The Hall–Kier alpha value is -1.20. The molecule has 5 heteroatoms. The summed E-state index contributed by atoms with van der Waals surface area (Å²) in [5.41, 5.74) is 7.50. The third-order valence-electron chi connectivity index (χ3n) is 2.52. The van der Waals surface area contributed by atoms with Crippen molar-refractivity contribution in [2.75, 3.05) is 11.5 Å². The minimum atomic E-state index is -1.08. The van der Waals surface area contributed by atoms with Gasteiger partial charge in [-0.1, -0.05) is 22.0 Å². The number of rotatable bonds is 4. The van der Waals surface area contributed by atoms with Crippen LogP contribution in [-0.2, 0) is 17.2 Å². The maximum atomic E-state index is 12.1. The van der Waals surface area contributed by atoms with Gasteiger partial charge in [0.2, 0.25) is 0 Å². The molecule has 0 radical (unpaired) electrons. The van der Waals surface area contributed by atoms with Crippen LogP contribution in [0.25, 0.3) is 0 Å². The van der Waals surface area contributed by atoms with Gasteiger partial charge in [0.15, 0.2) is 0 Å². The second-order valence-electron chi connectivity index (χ2n) is 3.84. The van der Waals surface area contributed by atoms with E-state index in [4.69, 9.17) is 5.73 Å². The Morgan fingerprint density at radius 1 is 1.33 bits per heavy atom. The Bertz CT molecular complexity index is 560. The average molecular weight is 325 g/mol. The van der Waals surface area contributed by atoms with Gasteiger partial charge >= 0.3 is 0 Å². The lowest BCUT2D eigenvalue weighted by Gasteiger charge is -2.06. The van der Waals surface area contributed by atoms with Crippen molar-refractivity contribution in [2.45, 2.75) is 11.3 Å². The normalized spacial score (nSPS) is 12.3. The number of benzene rings is 1. The van der Waals surface area contributed by atoms with E-state index in [1.807, 2.05) is 18.2 Å². The molecule has 0 spiro atoms. The first kappa shape index (κ1) is 13.2. The van der Waals surface area contributed by atoms with Crippen LogP contribution in [-0.4, -0.2) is 14.9 Å². The molecule has 2 aromatic rings. The van der Waals surface area contributed by atoms with Gasteiger partial charge in [-0.3, -0.25) is 9.19 Å². The largest absolute Gasteiger partial charge is 0.398 e. The van der Waals surface area contributed by atoms with Gasteiger partial charge in [0.05, 0.1) is 15.7 Å². The first-order chi connectivity index (χ1) is 8.66. The molecule has 2 N–H and O–H groups in total. The zero-order valence-corrected chi connectivity index (χ0v) is 12.1. The van der Waals surface area contributed by atoms with E-state index in [9.17, 15) is 4.21 Å². The Labute approximate surface area is 117 Å². The van der Waals surface area contributed by atoms with Crippen LogP contribution in [0.1, 0.15) is 5.56 Å². The molecule has 1 heterocycles. The van der Waals surface area contributed by atoms with Crippen LogP contribution in [0.2, 0.25) is 0 Å². The lowest BCUT2D eigenvalue weighted by molar-refractivity contribution is 0.682. The highest BCUT2D eigenvalue weighted by Crippen LogP contribution is 2.22. The molecule has 0 aliphatic heterocycles. The summed E-state index contributed by atoms with van der Waals surface area (Å²) < 4.78 is 13.0. The first-order valence-electron chi connectivity index (χ1n) is 5.49. The fourth-order valence-electron chi connectivity index (χ4n) is 1.59. The lowest BCUT2D eigenvalue weighted by atomic mass is 10.2. The molecule has 0 aliphatic rings. The predicted molar refractivity (Wildman–Crippen MR) is 77.8 cm³/mol. The standard InChI is InChI=1S/C13H13BrN2OS/c14-11-3-4-13(12(15)8-11)18(17)7-5-10-2-1-6-16-9-10/h1-4,6,8-9H,5,7,15H2. The second kappa shape index (κ2) is 6.11. The van der Waals surface area contributed by atoms with Crippen molar-refractivity contribution in [3.8, 4) is 0 Å². The summed E-state index contributed by atoms with van der Waals surface area (Å²) in [5.74, 6) is 0.553. The minimum Gasteiger partial charge on any atom is -0.398 e. The second-order valence-corrected chi connectivity index (χ2v) is 6.30. The zero-order chi connectivity index (χ0) is 13.0. The van der Waals surface area contributed by atoms with Crippen molar-refractivity contribution in [3.05, 3.63) is 52.8 Å². The van der Waals surface area contributed by atoms with Crippen molar-refractivity contribution in [2.24, 2.45) is 0 Å². The van der Waals surface area contributed by atoms with Crippen molar-refractivity contribution in [1.82, 2.24) is 4.98 Å². The van der Waals surface area contributed by atoms with Crippen LogP contribution < -0.4 is 5.73 Å². The number of aryl methyl sites for hydroxylation is 1. The Morgan fingerprint density at radius 3 is 2.83 bits per heavy atom. The molecule has 2 rings (SSSR count). The van der Waals surface area contributed by atoms with Crippen LogP contribution >= 0.6 is 15.9 Å². The summed E-state index contributed by atoms with van der Waals surface area (Å²) in [6.45, 7) is 0. The molecule has 3 nitrogen and oxygen atoms in total. The molecule has 0 saturated heterocycles. The highest BCUT2D eigenvalue weighted by molar-refractivity contribution is 9.10. The number of hydrogen-bond acceptors (Lipinski definition) is 3. The van der Waals surface area contributed by atoms with Crippen LogP contribution in [0.5, 0.6) is 0 Å². The van der Waals surface area contributed by atoms with Crippen molar-refractivity contribution in [1.29, 1.82) is 0 Å². The number of pyridine rings is 1. The van der Waals surface area contributed by atoms with Crippen molar-refractivity contribution < 1.29 is 4.21 Å². The van der Waals surface area contributed by atoms with Crippen LogP contribution in [0, 0.1) is 0 Å². The minimum absolute atomic E-state index is 0.553. The van der Waals surface area contributed by atoms with Gasteiger partial charge in [-0.15, -0.1) is 0 Å². The molecule has 0 amide bonds. The number of nitrogens with two attached hydrogens (primary N) is 1. The molecule has 1 aromatic carbocycles. The van der Waals surface area contributed by atoms with Gasteiger partial charge in [-0.25, -0.2) is 0 Å². The summed E-state index contributed by atoms with van der Waals surface area (Å²) in [4.78, 5) is 4.73. The summed E-state index contributed by atoms with van der Waals surface area (Å²) in [6, 6.07) is 9.30. The van der Waals surface area contributed by atoms with Gasteiger partial charge in [0.25, 0.3) is 0 Å². The summed E-state index contributed by atoms with van der Waals surface area (Å²) >= 11 is 3.33. The number of halogens is 1. The molecular formula is C13H13BrN2OS. The highest BCUT2D eigenvalue weighted by Gasteiger charge is 2.08. The van der Waals surface area contributed by atoms with Crippen LogP contribution in [0.4, 0.5) is 5.69 Å². The van der Waals surface area contributed by atoms with E-state index in [0.29, 0.717) is 16.3 Å². The van der Waals surface area contributed by atoms with Crippen LogP contribution in [0.15, 0.2) is 52.1 Å². The zero-order valence-electron chi connectivity index (χ0n) is 9.67. The molecular weight excluding hydrogens is 312 g/mol. The number of anilines is 1. The molecule has 18 heavy (non-hydrogen) atoms. The third kappa shape index (κ3) is 3.40. The van der Waals surface area contributed by atoms with Crippen molar-refractivity contribution >= 4 is 32.4 Å².